The van der Waals surface area contributed by atoms with E-state index in [0.29, 0.717) is 52.0 Å². The summed E-state index contributed by atoms with van der Waals surface area (Å²) in [5.41, 5.74) is 3.04. The molecule has 36 heavy (non-hydrogen) atoms. The predicted octanol–water partition coefficient (Wildman–Crippen LogP) is 1.62. The zero-order chi connectivity index (χ0) is 25.3. The number of anilines is 2. The smallest absolute Gasteiger partial charge is 0.744 e. The molecule has 7 nitrogen and oxygen atoms in total. The Morgan fingerprint density at radius 3 is 1.81 bits per heavy atom. The molecule has 0 bridgehead atoms. The van der Waals surface area contributed by atoms with Crippen molar-refractivity contribution in [2.75, 3.05) is 10.6 Å². The standard InChI is InChI=1S/C27H28N2O5S.Na/c1-16(2)28-21-14-15-22(25-24(21)26(30)19-9-5-6-10-20(19)27(25)31)29-17(3)12-13-18-8-4-7-11-23(18)35(32,33)34;/h4-11,14-17,28-29H,12-13H2,1-3H3,(H,32,33,34);/q;+1/p-1. The van der Waals surface area contributed by atoms with Crippen LogP contribution >= 0.6 is 0 Å². The van der Waals surface area contributed by atoms with Gasteiger partial charge < -0.3 is 15.2 Å². The first kappa shape index (κ1) is 28.1. The molecule has 3 aromatic rings. The molecule has 1 unspecified atom stereocenters. The van der Waals surface area contributed by atoms with Crippen molar-refractivity contribution < 1.29 is 52.1 Å². The SMILES string of the molecule is CC(C)Nc1ccc(NC(C)CCc2ccccc2S(=O)(=O)[O-])c2c1C(=O)c1ccccc1C2=O.[Na+]. The number of hydrogen-bond donors (Lipinski definition) is 2. The zero-order valence-corrected chi connectivity index (χ0v) is 23.6. The number of fused-ring (bicyclic) bond motifs is 2. The zero-order valence-electron chi connectivity index (χ0n) is 20.8. The van der Waals surface area contributed by atoms with Gasteiger partial charge in [-0.2, -0.15) is 0 Å². The molecular formula is C27H27N2NaO5S. The number of carbonyl (C=O) groups excluding carboxylic acids is 2. The van der Waals surface area contributed by atoms with E-state index >= 15 is 0 Å². The van der Waals surface area contributed by atoms with Gasteiger partial charge >= 0.3 is 29.6 Å². The maximum absolute atomic E-state index is 13.5. The van der Waals surface area contributed by atoms with E-state index in [9.17, 15) is 22.6 Å². The first-order valence-electron chi connectivity index (χ1n) is 11.5. The van der Waals surface area contributed by atoms with Gasteiger partial charge in [0, 0.05) is 34.6 Å². The number of benzene rings is 3. The van der Waals surface area contributed by atoms with Crippen molar-refractivity contribution in [3.63, 3.8) is 0 Å². The van der Waals surface area contributed by atoms with Gasteiger partial charge in [-0.25, -0.2) is 8.42 Å². The van der Waals surface area contributed by atoms with Crippen LogP contribution in [0, 0.1) is 0 Å². The fourth-order valence-corrected chi connectivity index (χ4v) is 5.17. The van der Waals surface area contributed by atoms with Crippen LogP contribution in [0.4, 0.5) is 11.4 Å². The van der Waals surface area contributed by atoms with Crippen molar-refractivity contribution in [1.29, 1.82) is 0 Å². The summed E-state index contributed by atoms with van der Waals surface area (Å²) in [5.74, 6) is -0.427. The van der Waals surface area contributed by atoms with Gasteiger partial charge in [0.1, 0.15) is 10.1 Å². The van der Waals surface area contributed by atoms with Crippen LogP contribution in [-0.2, 0) is 16.5 Å². The Kier molecular flexibility index (Phi) is 8.80. The molecule has 0 amide bonds. The normalized spacial score (nSPS) is 13.5. The Bertz CT molecular complexity index is 1420. The monoisotopic (exact) mass is 514 g/mol. The second kappa shape index (κ2) is 11.3. The van der Waals surface area contributed by atoms with Crippen LogP contribution in [0.5, 0.6) is 0 Å². The van der Waals surface area contributed by atoms with Gasteiger partial charge in [-0.15, -0.1) is 0 Å². The molecule has 0 aliphatic heterocycles. The number of rotatable bonds is 8. The summed E-state index contributed by atoms with van der Waals surface area (Å²) in [6.07, 6.45) is 0.864. The molecule has 0 saturated heterocycles. The minimum absolute atomic E-state index is 0. The number of hydrogen-bond acceptors (Lipinski definition) is 7. The first-order valence-corrected chi connectivity index (χ1v) is 12.9. The Labute approximate surface area is 233 Å². The van der Waals surface area contributed by atoms with E-state index in [-0.39, 0.29) is 58.1 Å². The molecular weight excluding hydrogens is 487 g/mol. The van der Waals surface area contributed by atoms with Crippen molar-refractivity contribution >= 4 is 33.1 Å². The van der Waals surface area contributed by atoms with Crippen LogP contribution < -0.4 is 40.2 Å². The van der Waals surface area contributed by atoms with Crippen LogP contribution in [0.2, 0.25) is 0 Å². The van der Waals surface area contributed by atoms with E-state index in [0.717, 1.165) is 0 Å². The van der Waals surface area contributed by atoms with Gasteiger partial charge in [-0.3, -0.25) is 9.59 Å². The van der Waals surface area contributed by atoms with Crippen molar-refractivity contribution in [3.8, 4) is 0 Å². The van der Waals surface area contributed by atoms with Gasteiger partial charge in [0.25, 0.3) is 0 Å². The predicted molar refractivity (Wildman–Crippen MR) is 134 cm³/mol. The third kappa shape index (κ3) is 5.74. The van der Waals surface area contributed by atoms with E-state index in [4.69, 9.17) is 0 Å². The number of aryl methyl sites for hydroxylation is 1. The number of carbonyl (C=O) groups is 2. The summed E-state index contributed by atoms with van der Waals surface area (Å²) < 4.78 is 34.7. The first-order chi connectivity index (χ1) is 16.6. The number of nitrogens with one attached hydrogen (secondary N) is 2. The molecule has 1 aliphatic rings. The summed E-state index contributed by atoms with van der Waals surface area (Å²) in [5, 5.41) is 6.61. The van der Waals surface area contributed by atoms with E-state index in [2.05, 4.69) is 10.6 Å². The van der Waals surface area contributed by atoms with E-state index in [1.54, 1.807) is 48.5 Å². The van der Waals surface area contributed by atoms with Crippen LogP contribution in [0.25, 0.3) is 0 Å². The second-order valence-electron chi connectivity index (χ2n) is 9.06. The second-order valence-corrected chi connectivity index (χ2v) is 10.4. The summed E-state index contributed by atoms with van der Waals surface area (Å²) >= 11 is 0. The van der Waals surface area contributed by atoms with E-state index < -0.39 is 10.1 Å². The Morgan fingerprint density at radius 1 is 0.778 bits per heavy atom. The van der Waals surface area contributed by atoms with Crippen molar-refractivity contribution in [2.45, 2.75) is 50.6 Å². The molecule has 182 valence electrons. The third-order valence-corrected chi connectivity index (χ3v) is 6.95. The summed E-state index contributed by atoms with van der Waals surface area (Å²) in [6.45, 7) is 5.83. The van der Waals surface area contributed by atoms with Gasteiger partial charge in [-0.05, 0) is 57.4 Å². The molecule has 0 saturated carbocycles. The summed E-state index contributed by atoms with van der Waals surface area (Å²) in [7, 11) is -4.57. The van der Waals surface area contributed by atoms with Gasteiger partial charge in [0.05, 0.1) is 16.0 Å². The van der Waals surface area contributed by atoms with Gasteiger partial charge in [0.2, 0.25) is 0 Å². The van der Waals surface area contributed by atoms with Crippen LogP contribution in [-0.4, -0.2) is 36.6 Å². The van der Waals surface area contributed by atoms with Crippen LogP contribution in [0.1, 0.15) is 64.6 Å². The molecule has 1 aliphatic carbocycles. The Balaban J connectivity index is 0.00000361. The summed E-state index contributed by atoms with van der Waals surface area (Å²) in [4.78, 5) is 26.7. The maximum Gasteiger partial charge on any atom is 1.00 e. The third-order valence-electron chi connectivity index (χ3n) is 6.01. The van der Waals surface area contributed by atoms with E-state index in [1.165, 1.54) is 12.1 Å². The Morgan fingerprint density at radius 2 is 1.28 bits per heavy atom. The molecule has 0 fully saturated rings. The topological polar surface area (TPSA) is 115 Å². The molecule has 9 heteroatoms. The molecule has 1 atom stereocenters. The molecule has 0 heterocycles. The molecule has 4 rings (SSSR count). The fourth-order valence-electron chi connectivity index (χ4n) is 4.44. The van der Waals surface area contributed by atoms with Crippen molar-refractivity contribution in [3.05, 3.63) is 88.5 Å². The number of ketones is 2. The molecule has 2 N–H and O–H groups in total. The average Bonchev–Trinajstić information content (AvgIpc) is 2.81. The molecule has 0 spiro atoms. The van der Waals surface area contributed by atoms with Crippen LogP contribution in [0.15, 0.2) is 65.6 Å². The largest absolute Gasteiger partial charge is 1.00 e. The Hall–Kier alpha value is -2.49. The van der Waals surface area contributed by atoms with Gasteiger partial charge in [0.15, 0.2) is 11.6 Å². The average molecular weight is 515 g/mol. The quantitative estimate of drug-likeness (QED) is 0.271. The minimum atomic E-state index is -4.57. The van der Waals surface area contributed by atoms with Gasteiger partial charge in [-0.1, -0.05) is 42.5 Å². The van der Waals surface area contributed by atoms with Crippen molar-refractivity contribution in [1.82, 2.24) is 0 Å². The summed E-state index contributed by atoms with van der Waals surface area (Å²) in [6, 6.07) is 16.4. The maximum atomic E-state index is 13.5. The molecule has 3 aromatic carbocycles. The fraction of sp³-hybridized carbons (Fsp3) is 0.259. The molecule has 0 aromatic heterocycles. The van der Waals surface area contributed by atoms with Crippen molar-refractivity contribution in [2.24, 2.45) is 0 Å². The minimum Gasteiger partial charge on any atom is -0.744 e. The molecule has 0 radical (unpaired) electrons. The van der Waals surface area contributed by atoms with Crippen LogP contribution in [0.3, 0.4) is 0 Å². The van der Waals surface area contributed by atoms with E-state index in [1.807, 2.05) is 20.8 Å².